The number of nitrogens with zero attached hydrogens (tertiary/aromatic N) is 2. The summed E-state index contributed by atoms with van der Waals surface area (Å²) in [4.78, 5) is 12.0. The van der Waals surface area contributed by atoms with Gasteiger partial charge in [-0.05, 0) is 42.9 Å². The van der Waals surface area contributed by atoms with Gasteiger partial charge in [-0.3, -0.25) is 9.89 Å². The Bertz CT molecular complexity index is 773. The largest absolute Gasteiger partial charge is 0.497 e. The summed E-state index contributed by atoms with van der Waals surface area (Å²) >= 11 is 5.11. The molecule has 0 bridgehead atoms. The van der Waals surface area contributed by atoms with Gasteiger partial charge < -0.3 is 19.4 Å². The van der Waals surface area contributed by atoms with Crippen molar-refractivity contribution < 1.29 is 14.3 Å². The summed E-state index contributed by atoms with van der Waals surface area (Å²) in [6, 6.07) is 5.40. The summed E-state index contributed by atoms with van der Waals surface area (Å²) in [5.41, 5.74) is 0.803. The molecule has 24 heavy (non-hydrogen) atoms. The summed E-state index contributed by atoms with van der Waals surface area (Å²) in [6.45, 7) is 2.96. The predicted octanol–water partition coefficient (Wildman–Crippen LogP) is 2.31. The van der Waals surface area contributed by atoms with Crippen LogP contribution in [0.4, 0.5) is 0 Å². The van der Waals surface area contributed by atoms with E-state index in [4.69, 9.17) is 21.7 Å². The van der Waals surface area contributed by atoms with Crippen molar-refractivity contribution in [2.24, 2.45) is 0 Å². The Kier molecular flexibility index (Phi) is 6.14. The van der Waals surface area contributed by atoms with E-state index in [1.165, 1.54) is 6.08 Å². The van der Waals surface area contributed by atoms with Gasteiger partial charge in [0.25, 0.3) is 0 Å². The lowest BCUT2D eigenvalue weighted by atomic mass is 10.2. The highest BCUT2D eigenvalue weighted by Gasteiger charge is 2.05. The number of methoxy groups -OCH3 is 2. The second-order valence-corrected chi connectivity index (χ2v) is 5.27. The highest BCUT2D eigenvalue weighted by atomic mass is 32.1. The lowest BCUT2D eigenvalue weighted by Crippen LogP contribution is -2.22. The third kappa shape index (κ3) is 4.45. The number of benzene rings is 1. The van der Waals surface area contributed by atoms with E-state index < -0.39 is 0 Å². The zero-order valence-corrected chi connectivity index (χ0v) is 14.6. The topological polar surface area (TPSA) is 81.2 Å². The Balaban J connectivity index is 2.01. The number of amides is 1. The highest BCUT2D eigenvalue weighted by molar-refractivity contribution is 7.71. The number of hydrogen-bond donors (Lipinski definition) is 2. The first kappa shape index (κ1) is 17.7. The Morgan fingerprint density at radius 3 is 2.58 bits per heavy atom. The molecule has 0 spiro atoms. The van der Waals surface area contributed by atoms with E-state index in [0.29, 0.717) is 35.2 Å². The number of H-pyrrole nitrogens is 1. The second-order valence-electron chi connectivity index (χ2n) is 4.89. The van der Waals surface area contributed by atoms with Crippen molar-refractivity contribution in [3.05, 3.63) is 40.4 Å². The minimum Gasteiger partial charge on any atom is -0.497 e. The van der Waals surface area contributed by atoms with Crippen LogP contribution in [0.1, 0.15) is 18.3 Å². The second kappa shape index (κ2) is 8.30. The van der Waals surface area contributed by atoms with Gasteiger partial charge in [-0.1, -0.05) is 0 Å². The van der Waals surface area contributed by atoms with E-state index in [9.17, 15) is 4.79 Å². The predicted molar refractivity (Wildman–Crippen MR) is 93.5 cm³/mol. The Labute approximate surface area is 145 Å². The minimum absolute atomic E-state index is 0.228. The molecule has 0 saturated carbocycles. The van der Waals surface area contributed by atoms with Gasteiger partial charge in [0, 0.05) is 18.7 Å². The van der Waals surface area contributed by atoms with Crippen molar-refractivity contribution in [3.63, 3.8) is 0 Å². The fourth-order valence-corrected chi connectivity index (χ4v) is 2.41. The van der Waals surface area contributed by atoms with Crippen LogP contribution in [-0.4, -0.2) is 34.9 Å². The number of hydrogen-bond acceptors (Lipinski definition) is 5. The fourth-order valence-electron chi connectivity index (χ4n) is 2.13. The summed E-state index contributed by atoms with van der Waals surface area (Å²) < 4.78 is 12.8. The molecule has 7 nitrogen and oxygen atoms in total. The lowest BCUT2D eigenvalue weighted by Gasteiger charge is -2.06. The SMILES string of the molecule is CCn1c(CNC(=O)C=Cc2cc(OC)cc(OC)c2)n[nH]c1=S. The zero-order chi connectivity index (χ0) is 17.5. The first-order valence-corrected chi connectivity index (χ1v) is 7.81. The van der Waals surface area contributed by atoms with Crippen molar-refractivity contribution in [1.29, 1.82) is 0 Å². The third-order valence-electron chi connectivity index (χ3n) is 3.38. The van der Waals surface area contributed by atoms with E-state index >= 15 is 0 Å². The van der Waals surface area contributed by atoms with Crippen molar-refractivity contribution in [2.45, 2.75) is 20.0 Å². The number of aromatic nitrogens is 3. The number of ether oxygens (including phenoxy) is 2. The molecule has 128 valence electrons. The number of carbonyl (C=O) groups excluding carboxylic acids is 1. The smallest absolute Gasteiger partial charge is 0.244 e. The van der Waals surface area contributed by atoms with E-state index in [1.54, 1.807) is 26.4 Å². The maximum atomic E-state index is 12.0. The molecule has 1 amide bonds. The van der Waals surface area contributed by atoms with Gasteiger partial charge in [0.15, 0.2) is 10.6 Å². The normalized spacial score (nSPS) is 10.8. The maximum absolute atomic E-state index is 12.0. The Morgan fingerprint density at radius 2 is 2.00 bits per heavy atom. The molecule has 0 radical (unpaired) electrons. The molecule has 2 N–H and O–H groups in total. The van der Waals surface area contributed by atoms with Crippen molar-refractivity contribution in [3.8, 4) is 11.5 Å². The molecule has 0 fully saturated rings. The van der Waals surface area contributed by atoms with E-state index in [2.05, 4.69) is 15.5 Å². The van der Waals surface area contributed by atoms with Crippen LogP contribution in [0, 0.1) is 4.77 Å². The van der Waals surface area contributed by atoms with Crippen molar-refractivity contribution >= 4 is 24.2 Å². The fraction of sp³-hybridized carbons (Fsp3) is 0.312. The Hall–Kier alpha value is -2.61. The van der Waals surface area contributed by atoms with Gasteiger partial charge in [-0.2, -0.15) is 5.10 Å². The van der Waals surface area contributed by atoms with Gasteiger partial charge in [0.1, 0.15) is 11.5 Å². The molecule has 0 aliphatic heterocycles. The molecule has 0 aliphatic carbocycles. The van der Waals surface area contributed by atoms with E-state index in [1.807, 2.05) is 23.6 Å². The molecule has 0 unspecified atom stereocenters. The quantitative estimate of drug-likeness (QED) is 0.593. The average Bonchev–Trinajstić information content (AvgIpc) is 2.97. The minimum atomic E-state index is -0.228. The molecule has 0 atom stereocenters. The van der Waals surface area contributed by atoms with Gasteiger partial charge in [-0.25, -0.2) is 0 Å². The molecular weight excluding hydrogens is 328 g/mol. The summed E-state index contributed by atoms with van der Waals surface area (Å²) in [5, 5.41) is 9.59. The van der Waals surface area contributed by atoms with Crippen LogP contribution in [0.25, 0.3) is 6.08 Å². The molecular formula is C16H20N4O3S. The van der Waals surface area contributed by atoms with Crippen LogP contribution < -0.4 is 14.8 Å². The average molecular weight is 348 g/mol. The number of carbonyl (C=O) groups is 1. The standard InChI is InChI=1S/C16H20N4O3S/c1-4-20-14(18-19-16(20)24)10-17-15(21)6-5-11-7-12(22-2)9-13(8-11)23-3/h5-9H,4,10H2,1-3H3,(H,17,21)(H,19,24). The monoisotopic (exact) mass is 348 g/mol. The molecule has 1 heterocycles. The Morgan fingerprint density at radius 1 is 1.33 bits per heavy atom. The van der Waals surface area contributed by atoms with E-state index in [-0.39, 0.29) is 5.91 Å². The maximum Gasteiger partial charge on any atom is 0.244 e. The molecule has 2 rings (SSSR count). The molecule has 2 aromatic rings. The lowest BCUT2D eigenvalue weighted by molar-refractivity contribution is -0.116. The van der Waals surface area contributed by atoms with Crippen molar-refractivity contribution in [2.75, 3.05) is 14.2 Å². The van der Waals surface area contributed by atoms with Crippen LogP contribution in [-0.2, 0) is 17.9 Å². The molecule has 8 heteroatoms. The summed E-state index contributed by atoms with van der Waals surface area (Å²) in [5.74, 6) is 1.78. The number of aromatic amines is 1. The van der Waals surface area contributed by atoms with Crippen molar-refractivity contribution in [1.82, 2.24) is 20.1 Å². The van der Waals surface area contributed by atoms with Crippen LogP contribution in [0.3, 0.4) is 0 Å². The molecule has 1 aromatic heterocycles. The molecule has 0 saturated heterocycles. The van der Waals surface area contributed by atoms with Crippen LogP contribution in [0.2, 0.25) is 0 Å². The third-order valence-corrected chi connectivity index (χ3v) is 3.69. The van der Waals surface area contributed by atoms with Gasteiger partial charge in [0.05, 0.1) is 20.8 Å². The molecule has 1 aromatic carbocycles. The summed E-state index contributed by atoms with van der Waals surface area (Å²) in [6.07, 6.45) is 3.14. The van der Waals surface area contributed by atoms with Crippen LogP contribution in [0.5, 0.6) is 11.5 Å². The molecule has 0 aliphatic rings. The first-order valence-electron chi connectivity index (χ1n) is 7.40. The van der Waals surface area contributed by atoms with Gasteiger partial charge in [0.2, 0.25) is 5.91 Å². The highest BCUT2D eigenvalue weighted by Crippen LogP contribution is 2.23. The summed E-state index contributed by atoms with van der Waals surface area (Å²) in [7, 11) is 3.16. The zero-order valence-electron chi connectivity index (χ0n) is 13.8. The van der Waals surface area contributed by atoms with Crippen LogP contribution >= 0.6 is 12.2 Å². The first-order chi connectivity index (χ1) is 11.6. The van der Waals surface area contributed by atoms with Crippen LogP contribution in [0.15, 0.2) is 24.3 Å². The number of nitrogens with one attached hydrogen (secondary N) is 2. The van der Waals surface area contributed by atoms with Gasteiger partial charge >= 0.3 is 0 Å². The van der Waals surface area contributed by atoms with E-state index in [0.717, 1.165) is 5.56 Å². The number of rotatable bonds is 7. The van der Waals surface area contributed by atoms with Gasteiger partial charge in [-0.15, -0.1) is 0 Å².